The first kappa shape index (κ1) is 100. The van der Waals surface area contributed by atoms with Crippen LogP contribution in [0.25, 0.3) is 0 Å². The molecule has 0 aromatic heterocycles. The van der Waals surface area contributed by atoms with Gasteiger partial charge >= 0.3 is 39.5 Å². The highest BCUT2D eigenvalue weighted by atomic mass is 31.2. The number of phosphoric acid groups is 2. The summed E-state index contributed by atoms with van der Waals surface area (Å²) >= 11 is 0. The molecule has 0 aromatic carbocycles. The predicted octanol–water partition coefficient (Wildman–Crippen LogP) is 24.8. The molecule has 0 saturated heterocycles. The Balaban J connectivity index is 5.26. The maximum absolute atomic E-state index is 13.1. The smallest absolute Gasteiger partial charge is 0.462 e. The fraction of sp³-hybridized carbons (Fsp3) is 0.952. The Morgan fingerprint density at radius 3 is 0.608 bits per heavy atom. The van der Waals surface area contributed by atoms with Crippen molar-refractivity contribution in [2.45, 2.75) is 446 Å². The minimum absolute atomic E-state index is 0.107. The zero-order valence-corrected chi connectivity index (χ0v) is 69.0. The van der Waals surface area contributed by atoms with Crippen molar-refractivity contribution < 1.29 is 80.2 Å². The van der Waals surface area contributed by atoms with E-state index < -0.39 is 97.5 Å². The Morgan fingerprint density at radius 2 is 0.412 bits per heavy atom. The van der Waals surface area contributed by atoms with Gasteiger partial charge in [-0.2, -0.15) is 0 Å². The van der Waals surface area contributed by atoms with Crippen molar-refractivity contribution in [3.63, 3.8) is 0 Å². The van der Waals surface area contributed by atoms with Crippen LogP contribution >= 0.6 is 15.6 Å². The van der Waals surface area contributed by atoms with Gasteiger partial charge in [-0.3, -0.25) is 37.3 Å². The molecule has 0 aliphatic heterocycles. The van der Waals surface area contributed by atoms with Crippen LogP contribution in [0.15, 0.2) is 0 Å². The number of carbonyl (C=O) groups excluding carboxylic acids is 4. The van der Waals surface area contributed by atoms with Crippen molar-refractivity contribution in [1.82, 2.24) is 0 Å². The predicted molar refractivity (Wildman–Crippen MR) is 418 cm³/mol. The van der Waals surface area contributed by atoms with Crippen molar-refractivity contribution in [2.75, 3.05) is 39.6 Å². The minimum atomic E-state index is -4.96. The van der Waals surface area contributed by atoms with Crippen LogP contribution in [0.4, 0.5) is 0 Å². The standard InChI is InChI=1S/C83H162O17P2/c1-73(2)59-51-43-35-27-21-15-9-12-18-24-30-39-47-55-63-80(85)93-69-78(99-82(87)65-57-49-41-31-25-19-13-10-16-22-28-36-44-52-60-74(3)4)71-97-101(89,90)95-67-77(84)68-96-102(91,92)98-72-79(70-94-81(86)64-56-48-40-34-33-38-46-54-62-76(7)8)100-83(88)66-58-50-42-32-26-20-14-11-17-23-29-37-45-53-61-75(5)6/h73-79,84H,9-72H2,1-8H3,(H,89,90)(H,91,92)/t77-,78-,79-/m1/s1. The Bertz CT molecular complexity index is 1990. The SMILES string of the molecule is CC(C)CCCCCCCCCCCCCCCCC(=O)OC[C@H](COP(=O)(O)OC[C@@H](O)COP(=O)(O)OC[C@@H](COC(=O)CCCCCCCCCCC(C)C)OC(=O)CCCCCCCCCCCCCCCCC(C)C)OC(=O)CCCCCCCCCCCCCCCCC(C)C. The summed E-state index contributed by atoms with van der Waals surface area (Å²) in [6, 6.07) is 0. The molecule has 0 heterocycles. The number of ether oxygens (including phenoxy) is 4. The van der Waals surface area contributed by atoms with Gasteiger partial charge in [-0.25, -0.2) is 9.13 Å². The molecular formula is C83H162O17P2. The van der Waals surface area contributed by atoms with E-state index in [1.807, 2.05) is 0 Å². The summed E-state index contributed by atoms with van der Waals surface area (Å²) in [6.07, 6.45) is 59.6. The first-order chi connectivity index (χ1) is 49.1. The summed E-state index contributed by atoms with van der Waals surface area (Å²) in [6.45, 7) is 14.3. The lowest BCUT2D eigenvalue weighted by Crippen LogP contribution is -2.30. The second kappa shape index (κ2) is 72.0. The first-order valence-electron chi connectivity index (χ1n) is 42.7. The molecule has 5 atom stereocenters. The van der Waals surface area contributed by atoms with Crippen molar-refractivity contribution in [3.8, 4) is 0 Å². The lowest BCUT2D eigenvalue weighted by molar-refractivity contribution is -0.161. The van der Waals surface area contributed by atoms with E-state index in [1.54, 1.807) is 0 Å². The van der Waals surface area contributed by atoms with Crippen LogP contribution in [0.1, 0.15) is 428 Å². The number of hydrogen-bond donors (Lipinski definition) is 3. The highest BCUT2D eigenvalue weighted by Crippen LogP contribution is 2.45. The highest BCUT2D eigenvalue weighted by molar-refractivity contribution is 7.47. The molecular weight excluding hydrogens is 1330 g/mol. The third kappa shape index (κ3) is 76.3. The van der Waals surface area contributed by atoms with E-state index in [0.717, 1.165) is 114 Å². The van der Waals surface area contributed by atoms with E-state index in [4.69, 9.17) is 37.0 Å². The molecule has 0 rings (SSSR count). The quantitative estimate of drug-likeness (QED) is 0.0222. The van der Waals surface area contributed by atoms with Crippen LogP contribution in [0.2, 0.25) is 0 Å². The van der Waals surface area contributed by atoms with Crippen LogP contribution < -0.4 is 0 Å². The molecule has 0 spiro atoms. The van der Waals surface area contributed by atoms with Crippen molar-refractivity contribution in [1.29, 1.82) is 0 Å². The van der Waals surface area contributed by atoms with Gasteiger partial charge in [0.25, 0.3) is 0 Å². The van der Waals surface area contributed by atoms with Crippen molar-refractivity contribution in [3.05, 3.63) is 0 Å². The largest absolute Gasteiger partial charge is 0.472 e. The van der Waals surface area contributed by atoms with Crippen LogP contribution in [0.5, 0.6) is 0 Å². The fourth-order valence-corrected chi connectivity index (χ4v) is 14.4. The number of esters is 4. The Kier molecular flexibility index (Phi) is 70.6. The number of aliphatic hydroxyl groups excluding tert-OH is 1. The number of rotatable bonds is 80. The third-order valence-corrected chi connectivity index (χ3v) is 21.2. The van der Waals surface area contributed by atoms with Gasteiger partial charge in [-0.15, -0.1) is 0 Å². The number of carbonyl (C=O) groups is 4. The van der Waals surface area contributed by atoms with Gasteiger partial charge in [0.1, 0.15) is 19.3 Å². The normalized spacial score (nSPS) is 14.0. The Labute approximate surface area is 626 Å². The summed E-state index contributed by atoms with van der Waals surface area (Å²) in [5, 5.41) is 10.7. The summed E-state index contributed by atoms with van der Waals surface area (Å²) in [5.74, 6) is 1.01. The molecule has 0 aliphatic rings. The van der Waals surface area contributed by atoms with Gasteiger partial charge in [0, 0.05) is 25.7 Å². The fourth-order valence-electron chi connectivity index (χ4n) is 12.8. The molecule has 19 heteroatoms. The monoisotopic (exact) mass is 1490 g/mol. The number of hydrogen-bond acceptors (Lipinski definition) is 15. The second-order valence-electron chi connectivity index (χ2n) is 31.8. The van der Waals surface area contributed by atoms with Crippen molar-refractivity contribution >= 4 is 39.5 Å². The zero-order chi connectivity index (χ0) is 75.3. The van der Waals surface area contributed by atoms with E-state index in [-0.39, 0.29) is 25.7 Å². The molecule has 606 valence electrons. The summed E-state index contributed by atoms with van der Waals surface area (Å²) in [4.78, 5) is 73.1. The van der Waals surface area contributed by atoms with Crippen LogP contribution in [-0.2, 0) is 65.4 Å². The van der Waals surface area contributed by atoms with Gasteiger partial charge < -0.3 is 33.8 Å². The summed E-state index contributed by atoms with van der Waals surface area (Å²) in [7, 11) is -9.93. The third-order valence-electron chi connectivity index (χ3n) is 19.3. The molecule has 2 unspecified atom stereocenters. The van der Waals surface area contributed by atoms with E-state index in [9.17, 15) is 43.2 Å². The zero-order valence-electron chi connectivity index (χ0n) is 67.2. The molecule has 0 fully saturated rings. The topological polar surface area (TPSA) is 237 Å². The molecule has 0 aromatic rings. The number of unbranched alkanes of at least 4 members (excludes halogenated alkanes) is 46. The molecule has 17 nitrogen and oxygen atoms in total. The maximum Gasteiger partial charge on any atom is 0.472 e. The molecule has 3 N–H and O–H groups in total. The average molecular weight is 1490 g/mol. The molecule has 0 saturated carbocycles. The molecule has 0 bridgehead atoms. The Hall–Kier alpha value is -1.94. The molecule has 102 heavy (non-hydrogen) atoms. The van der Waals surface area contributed by atoms with E-state index in [0.29, 0.717) is 25.7 Å². The lowest BCUT2D eigenvalue weighted by atomic mass is 10.0. The van der Waals surface area contributed by atoms with Crippen molar-refractivity contribution in [2.24, 2.45) is 23.7 Å². The van der Waals surface area contributed by atoms with E-state index in [1.165, 1.54) is 231 Å². The molecule has 0 aliphatic carbocycles. The average Bonchev–Trinajstić information content (AvgIpc) is 0.908. The van der Waals surface area contributed by atoms with E-state index in [2.05, 4.69) is 55.4 Å². The maximum atomic E-state index is 13.1. The van der Waals surface area contributed by atoms with Gasteiger partial charge in [0.2, 0.25) is 0 Å². The lowest BCUT2D eigenvalue weighted by Gasteiger charge is -2.21. The van der Waals surface area contributed by atoms with Gasteiger partial charge in [-0.05, 0) is 49.4 Å². The summed E-state index contributed by atoms with van der Waals surface area (Å²) in [5.41, 5.74) is 0. The number of phosphoric ester groups is 2. The van der Waals surface area contributed by atoms with Crippen LogP contribution in [0, 0.1) is 23.7 Å². The van der Waals surface area contributed by atoms with Gasteiger partial charge in [0.05, 0.1) is 26.4 Å². The van der Waals surface area contributed by atoms with Gasteiger partial charge in [-0.1, -0.05) is 376 Å². The Morgan fingerprint density at radius 1 is 0.245 bits per heavy atom. The van der Waals surface area contributed by atoms with Crippen LogP contribution in [-0.4, -0.2) is 96.7 Å². The second-order valence-corrected chi connectivity index (χ2v) is 34.7. The van der Waals surface area contributed by atoms with Crippen LogP contribution in [0.3, 0.4) is 0 Å². The van der Waals surface area contributed by atoms with E-state index >= 15 is 0 Å². The number of aliphatic hydroxyl groups is 1. The van der Waals surface area contributed by atoms with Gasteiger partial charge in [0.15, 0.2) is 12.2 Å². The highest BCUT2D eigenvalue weighted by Gasteiger charge is 2.30. The summed E-state index contributed by atoms with van der Waals surface area (Å²) < 4.78 is 68.8. The minimum Gasteiger partial charge on any atom is -0.462 e. The molecule has 0 amide bonds. The first-order valence-corrected chi connectivity index (χ1v) is 45.7. The molecule has 0 radical (unpaired) electrons.